The lowest BCUT2D eigenvalue weighted by molar-refractivity contribution is -0.255. The van der Waals surface area contributed by atoms with Crippen molar-refractivity contribution in [3.05, 3.63) is 58.6 Å². The summed E-state index contributed by atoms with van der Waals surface area (Å²) < 4.78 is 5.19. The van der Waals surface area contributed by atoms with Gasteiger partial charge in [0, 0.05) is 5.56 Å². The molecule has 0 aliphatic carbocycles. The van der Waals surface area contributed by atoms with E-state index in [4.69, 9.17) is 16.3 Å². The van der Waals surface area contributed by atoms with Crippen LogP contribution in [0.4, 0.5) is 5.69 Å². The Morgan fingerprint density at radius 1 is 1.33 bits per heavy atom. The van der Waals surface area contributed by atoms with Crippen molar-refractivity contribution in [2.45, 2.75) is 0 Å². The van der Waals surface area contributed by atoms with Crippen LogP contribution in [-0.2, 0) is 0 Å². The number of aromatic carboxylic acids is 1. The van der Waals surface area contributed by atoms with E-state index in [2.05, 4.69) is 10.5 Å². The number of carbonyl (C=O) groups is 1. The van der Waals surface area contributed by atoms with Gasteiger partial charge in [0.05, 0.1) is 30.0 Å². The average Bonchev–Trinajstić information content (AvgIpc) is 2.49. The second-order valence-corrected chi connectivity index (χ2v) is 4.50. The fourth-order valence-electron chi connectivity index (χ4n) is 1.68. The Labute approximate surface area is 126 Å². The lowest BCUT2D eigenvalue weighted by Crippen LogP contribution is -2.22. The Bertz CT molecular complexity index is 686. The van der Waals surface area contributed by atoms with Crippen molar-refractivity contribution in [1.29, 1.82) is 0 Å². The molecular formula is C15H12ClN2O3-. The number of nitrogens with one attached hydrogen (secondary N) is 1. The maximum absolute atomic E-state index is 10.8. The van der Waals surface area contributed by atoms with Crippen LogP contribution >= 0.6 is 11.6 Å². The van der Waals surface area contributed by atoms with Crippen molar-refractivity contribution in [3.63, 3.8) is 0 Å². The number of ether oxygens (including phenoxy) is 1. The van der Waals surface area contributed by atoms with E-state index in [0.717, 1.165) is 5.56 Å². The van der Waals surface area contributed by atoms with E-state index in [0.29, 0.717) is 16.5 Å². The van der Waals surface area contributed by atoms with Gasteiger partial charge >= 0.3 is 0 Å². The largest absolute Gasteiger partial charge is 0.545 e. The van der Waals surface area contributed by atoms with Crippen molar-refractivity contribution >= 4 is 29.5 Å². The van der Waals surface area contributed by atoms with Crippen LogP contribution in [0.2, 0.25) is 5.02 Å². The zero-order valence-corrected chi connectivity index (χ0v) is 11.9. The van der Waals surface area contributed by atoms with Gasteiger partial charge in [-0.15, -0.1) is 0 Å². The van der Waals surface area contributed by atoms with E-state index in [9.17, 15) is 9.90 Å². The molecule has 1 N–H and O–H groups in total. The van der Waals surface area contributed by atoms with E-state index < -0.39 is 5.97 Å². The smallest absolute Gasteiger partial charge is 0.127 e. The van der Waals surface area contributed by atoms with Crippen LogP contribution < -0.4 is 15.3 Å². The molecule has 6 heteroatoms. The zero-order chi connectivity index (χ0) is 15.2. The van der Waals surface area contributed by atoms with Gasteiger partial charge < -0.3 is 14.6 Å². The molecule has 0 unspecified atom stereocenters. The van der Waals surface area contributed by atoms with Crippen molar-refractivity contribution in [2.24, 2.45) is 5.10 Å². The van der Waals surface area contributed by atoms with Gasteiger partial charge in [0.2, 0.25) is 0 Å². The molecule has 0 fully saturated rings. The number of hydrogen-bond acceptors (Lipinski definition) is 5. The van der Waals surface area contributed by atoms with E-state index in [-0.39, 0.29) is 5.56 Å². The van der Waals surface area contributed by atoms with Crippen LogP contribution in [0.1, 0.15) is 15.9 Å². The summed E-state index contributed by atoms with van der Waals surface area (Å²) in [6.45, 7) is 0. The normalized spacial score (nSPS) is 10.6. The van der Waals surface area contributed by atoms with Crippen LogP contribution in [0.3, 0.4) is 0 Å². The predicted molar refractivity (Wildman–Crippen MR) is 80.0 cm³/mol. The molecular weight excluding hydrogens is 292 g/mol. The van der Waals surface area contributed by atoms with Crippen LogP contribution in [-0.4, -0.2) is 19.3 Å². The second-order valence-electron chi connectivity index (χ2n) is 4.09. The third-order valence-corrected chi connectivity index (χ3v) is 3.06. The number of carboxylic acids is 1. The highest BCUT2D eigenvalue weighted by Gasteiger charge is 2.02. The molecule has 0 radical (unpaired) electrons. The summed E-state index contributed by atoms with van der Waals surface area (Å²) in [7, 11) is 1.57. The molecule has 0 amide bonds. The molecule has 2 aromatic rings. The highest BCUT2D eigenvalue weighted by Crippen LogP contribution is 2.23. The van der Waals surface area contributed by atoms with E-state index in [1.54, 1.807) is 13.3 Å². The highest BCUT2D eigenvalue weighted by molar-refractivity contribution is 6.33. The number of para-hydroxylation sites is 1. The first kappa shape index (κ1) is 14.9. The molecule has 0 bridgehead atoms. The Morgan fingerprint density at radius 3 is 2.81 bits per heavy atom. The zero-order valence-electron chi connectivity index (χ0n) is 11.2. The first-order valence-electron chi connectivity index (χ1n) is 6.05. The van der Waals surface area contributed by atoms with Crippen LogP contribution in [0.25, 0.3) is 0 Å². The fraction of sp³-hybridized carbons (Fsp3) is 0.0667. The molecule has 0 aliphatic heterocycles. The number of rotatable bonds is 5. The number of benzene rings is 2. The molecule has 0 heterocycles. The van der Waals surface area contributed by atoms with Crippen molar-refractivity contribution in [3.8, 4) is 5.75 Å². The van der Waals surface area contributed by atoms with E-state index in [1.165, 1.54) is 18.2 Å². The summed E-state index contributed by atoms with van der Waals surface area (Å²) in [4.78, 5) is 10.8. The summed E-state index contributed by atoms with van der Waals surface area (Å²) in [5.74, 6) is -0.596. The maximum Gasteiger partial charge on any atom is 0.127 e. The quantitative estimate of drug-likeness (QED) is 0.678. The summed E-state index contributed by atoms with van der Waals surface area (Å²) in [6, 6.07) is 11.5. The highest BCUT2D eigenvalue weighted by atomic mass is 35.5. The lowest BCUT2D eigenvalue weighted by Gasteiger charge is -2.08. The molecule has 21 heavy (non-hydrogen) atoms. The SMILES string of the molecule is COc1ccccc1/C=N\Nc1cc(C(=O)[O-])ccc1Cl. The number of hydrogen-bond donors (Lipinski definition) is 1. The first-order chi connectivity index (χ1) is 10.1. The Morgan fingerprint density at radius 2 is 2.10 bits per heavy atom. The topological polar surface area (TPSA) is 73.8 Å². The molecule has 2 rings (SSSR count). The Balaban J connectivity index is 2.17. The van der Waals surface area contributed by atoms with Gasteiger partial charge in [0.25, 0.3) is 0 Å². The summed E-state index contributed by atoms with van der Waals surface area (Å²) >= 11 is 5.97. The second kappa shape index (κ2) is 6.76. The monoisotopic (exact) mass is 303 g/mol. The third-order valence-electron chi connectivity index (χ3n) is 2.73. The molecule has 5 nitrogen and oxygen atoms in total. The van der Waals surface area contributed by atoms with Gasteiger partial charge in [-0.1, -0.05) is 29.8 Å². The number of nitrogens with zero attached hydrogens (tertiary/aromatic N) is 1. The van der Waals surface area contributed by atoms with Gasteiger partial charge in [-0.3, -0.25) is 5.43 Å². The fourth-order valence-corrected chi connectivity index (χ4v) is 1.84. The minimum Gasteiger partial charge on any atom is -0.545 e. The van der Waals surface area contributed by atoms with E-state index in [1.807, 2.05) is 24.3 Å². The van der Waals surface area contributed by atoms with Gasteiger partial charge in [-0.05, 0) is 29.8 Å². The summed E-state index contributed by atoms with van der Waals surface area (Å²) in [5.41, 5.74) is 3.88. The molecule has 0 atom stereocenters. The van der Waals surface area contributed by atoms with Gasteiger partial charge in [-0.2, -0.15) is 5.10 Å². The predicted octanol–water partition coefficient (Wildman–Crippen LogP) is 2.16. The van der Waals surface area contributed by atoms with Gasteiger partial charge in [0.1, 0.15) is 5.75 Å². The maximum atomic E-state index is 10.8. The minimum absolute atomic E-state index is 0.0226. The van der Waals surface area contributed by atoms with Crippen molar-refractivity contribution in [1.82, 2.24) is 0 Å². The minimum atomic E-state index is -1.27. The van der Waals surface area contributed by atoms with Crippen molar-refractivity contribution < 1.29 is 14.6 Å². The molecule has 108 valence electrons. The number of halogens is 1. The molecule has 0 spiro atoms. The molecule has 0 aromatic heterocycles. The van der Waals surface area contributed by atoms with Crippen LogP contribution in [0.15, 0.2) is 47.6 Å². The number of carboxylic acid groups (broad SMARTS) is 1. The summed E-state index contributed by atoms with van der Waals surface area (Å²) in [5, 5.41) is 15.2. The van der Waals surface area contributed by atoms with Gasteiger partial charge in [-0.25, -0.2) is 0 Å². The number of anilines is 1. The lowest BCUT2D eigenvalue weighted by atomic mass is 10.2. The van der Waals surface area contributed by atoms with E-state index >= 15 is 0 Å². The summed E-state index contributed by atoms with van der Waals surface area (Å²) in [6.07, 6.45) is 1.56. The number of methoxy groups -OCH3 is 1. The number of hydrazone groups is 1. The Kier molecular flexibility index (Phi) is 4.79. The number of carbonyl (C=O) groups excluding carboxylic acids is 1. The molecule has 0 aliphatic rings. The molecule has 2 aromatic carbocycles. The van der Waals surface area contributed by atoms with Crippen LogP contribution in [0, 0.1) is 0 Å². The molecule has 0 saturated heterocycles. The standard InChI is InChI=1S/C15H13ClN2O3/c1-21-14-5-3-2-4-11(14)9-17-18-13-8-10(15(19)20)6-7-12(13)16/h2-9,18H,1H3,(H,19,20)/p-1/b17-9-. The average molecular weight is 304 g/mol. The Hall–Kier alpha value is -2.53. The molecule has 0 saturated carbocycles. The van der Waals surface area contributed by atoms with Crippen molar-refractivity contribution in [2.75, 3.05) is 12.5 Å². The van der Waals surface area contributed by atoms with Crippen LogP contribution in [0.5, 0.6) is 5.75 Å². The first-order valence-corrected chi connectivity index (χ1v) is 6.42. The van der Waals surface area contributed by atoms with Gasteiger partial charge in [0.15, 0.2) is 0 Å². The third kappa shape index (κ3) is 3.73.